The largest absolute Gasteiger partial charge is 0.472 e. The summed E-state index contributed by atoms with van der Waals surface area (Å²) >= 11 is 0. The smallest absolute Gasteiger partial charge is 0.411 e. The molecule has 0 aliphatic rings. The zero-order valence-corrected chi connectivity index (χ0v) is 11.4. The molecular weight excluding hydrogens is 274 g/mol. The molecule has 0 fully saturated rings. The molecular formula is C14H15N3O4. The first-order valence-electron chi connectivity index (χ1n) is 6.18. The number of nitrogens with one attached hydrogen (secondary N) is 3. The van der Waals surface area contributed by atoms with Gasteiger partial charge in [0, 0.05) is 23.5 Å². The van der Waals surface area contributed by atoms with Crippen LogP contribution in [0.5, 0.6) is 0 Å². The molecule has 0 saturated carbocycles. The SMILES string of the molecule is COC(=O)Nc1cccc(NC(=O)NCc2ccoc2)c1. The summed E-state index contributed by atoms with van der Waals surface area (Å²) in [5.74, 6) is 0. The minimum Gasteiger partial charge on any atom is -0.472 e. The monoisotopic (exact) mass is 289 g/mol. The van der Waals surface area contributed by atoms with Gasteiger partial charge in [0.15, 0.2) is 0 Å². The maximum Gasteiger partial charge on any atom is 0.411 e. The predicted octanol–water partition coefficient (Wildman–Crippen LogP) is 2.78. The zero-order chi connectivity index (χ0) is 15.1. The van der Waals surface area contributed by atoms with E-state index in [1.165, 1.54) is 13.4 Å². The molecule has 0 atom stereocenters. The van der Waals surface area contributed by atoms with Gasteiger partial charge in [-0.15, -0.1) is 0 Å². The van der Waals surface area contributed by atoms with Gasteiger partial charge in [0.05, 0.1) is 19.6 Å². The highest BCUT2D eigenvalue weighted by Gasteiger charge is 2.05. The third-order valence-electron chi connectivity index (χ3n) is 2.59. The molecule has 0 bridgehead atoms. The topological polar surface area (TPSA) is 92.6 Å². The van der Waals surface area contributed by atoms with Crippen molar-refractivity contribution < 1.29 is 18.7 Å². The molecule has 2 aromatic rings. The quantitative estimate of drug-likeness (QED) is 0.807. The van der Waals surface area contributed by atoms with E-state index in [0.29, 0.717) is 17.9 Å². The Labute approximate surface area is 121 Å². The summed E-state index contributed by atoms with van der Waals surface area (Å²) in [6.45, 7) is 0.364. The highest BCUT2D eigenvalue weighted by atomic mass is 16.5. The van der Waals surface area contributed by atoms with Crippen LogP contribution in [0, 0.1) is 0 Å². The molecule has 21 heavy (non-hydrogen) atoms. The summed E-state index contributed by atoms with van der Waals surface area (Å²) < 4.78 is 9.40. The van der Waals surface area contributed by atoms with Gasteiger partial charge < -0.3 is 19.8 Å². The summed E-state index contributed by atoms with van der Waals surface area (Å²) in [5.41, 5.74) is 1.94. The average Bonchev–Trinajstić information content (AvgIpc) is 2.98. The number of rotatable bonds is 4. The van der Waals surface area contributed by atoms with Gasteiger partial charge in [0.25, 0.3) is 0 Å². The van der Waals surface area contributed by atoms with Crippen LogP contribution >= 0.6 is 0 Å². The van der Waals surface area contributed by atoms with Crippen LogP contribution in [0.2, 0.25) is 0 Å². The number of urea groups is 1. The Bertz CT molecular complexity index is 610. The van der Waals surface area contributed by atoms with Crippen LogP contribution in [0.1, 0.15) is 5.56 Å². The minimum absolute atomic E-state index is 0.355. The Balaban J connectivity index is 1.88. The molecule has 3 N–H and O–H groups in total. The summed E-state index contributed by atoms with van der Waals surface area (Å²) in [6, 6.07) is 8.13. The number of methoxy groups -OCH3 is 1. The second-order valence-electron chi connectivity index (χ2n) is 4.14. The molecule has 1 heterocycles. The van der Waals surface area contributed by atoms with Gasteiger partial charge in [0.2, 0.25) is 0 Å². The molecule has 0 aliphatic carbocycles. The Morgan fingerprint density at radius 2 is 1.95 bits per heavy atom. The molecule has 0 aliphatic heterocycles. The summed E-state index contributed by atoms with van der Waals surface area (Å²) in [5, 5.41) is 7.86. The maximum absolute atomic E-state index is 11.7. The first-order chi connectivity index (χ1) is 10.2. The van der Waals surface area contributed by atoms with Crippen molar-refractivity contribution in [2.24, 2.45) is 0 Å². The fraction of sp³-hybridized carbons (Fsp3) is 0.143. The van der Waals surface area contributed by atoms with Crippen molar-refractivity contribution in [2.75, 3.05) is 17.7 Å². The number of furan rings is 1. The van der Waals surface area contributed by atoms with E-state index in [4.69, 9.17) is 4.42 Å². The van der Waals surface area contributed by atoms with Crippen molar-refractivity contribution in [3.8, 4) is 0 Å². The average molecular weight is 289 g/mol. The molecule has 7 heteroatoms. The van der Waals surface area contributed by atoms with E-state index in [2.05, 4.69) is 20.7 Å². The van der Waals surface area contributed by atoms with Gasteiger partial charge in [0.1, 0.15) is 0 Å². The van der Waals surface area contributed by atoms with Crippen LogP contribution in [0.4, 0.5) is 21.0 Å². The van der Waals surface area contributed by atoms with Gasteiger partial charge in [-0.1, -0.05) is 6.07 Å². The number of benzene rings is 1. The fourth-order valence-corrected chi connectivity index (χ4v) is 1.59. The van der Waals surface area contributed by atoms with Gasteiger partial charge in [-0.05, 0) is 24.3 Å². The van der Waals surface area contributed by atoms with Crippen LogP contribution in [-0.4, -0.2) is 19.2 Å². The molecule has 110 valence electrons. The number of anilines is 2. The van der Waals surface area contributed by atoms with Gasteiger partial charge in [-0.3, -0.25) is 5.32 Å². The van der Waals surface area contributed by atoms with Gasteiger partial charge in [-0.25, -0.2) is 9.59 Å². The van der Waals surface area contributed by atoms with Gasteiger partial charge >= 0.3 is 12.1 Å². The lowest BCUT2D eigenvalue weighted by molar-refractivity contribution is 0.187. The first-order valence-corrected chi connectivity index (χ1v) is 6.18. The van der Waals surface area contributed by atoms with Crippen LogP contribution in [-0.2, 0) is 11.3 Å². The molecule has 3 amide bonds. The van der Waals surface area contributed by atoms with E-state index >= 15 is 0 Å². The Morgan fingerprint density at radius 1 is 1.19 bits per heavy atom. The van der Waals surface area contributed by atoms with E-state index in [1.54, 1.807) is 36.6 Å². The van der Waals surface area contributed by atoms with Crippen LogP contribution < -0.4 is 16.0 Å². The molecule has 0 saturated heterocycles. The third kappa shape index (κ3) is 4.57. The second kappa shape index (κ2) is 6.99. The normalized spacial score (nSPS) is 9.76. The minimum atomic E-state index is -0.573. The van der Waals surface area contributed by atoms with Gasteiger partial charge in [-0.2, -0.15) is 0 Å². The number of carbonyl (C=O) groups excluding carboxylic acids is 2. The maximum atomic E-state index is 11.7. The Morgan fingerprint density at radius 3 is 2.62 bits per heavy atom. The number of carbonyl (C=O) groups is 2. The standard InChI is InChI=1S/C14H15N3O4/c1-20-14(19)17-12-4-2-3-11(7-12)16-13(18)15-8-10-5-6-21-9-10/h2-7,9H,8H2,1H3,(H,17,19)(H2,15,16,18). The lowest BCUT2D eigenvalue weighted by Gasteiger charge is -2.09. The number of hydrogen-bond donors (Lipinski definition) is 3. The van der Waals surface area contributed by atoms with Crippen LogP contribution in [0.15, 0.2) is 47.3 Å². The molecule has 0 spiro atoms. The molecule has 7 nitrogen and oxygen atoms in total. The van der Waals surface area contributed by atoms with E-state index in [1.807, 2.05) is 0 Å². The highest BCUT2D eigenvalue weighted by Crippen LogP contribution is 2.15. The zero-order valence-electron chi connectivity index (χ0n) is 11.4. The lowest BCUT2D eigenvalue weighted by atomic mass is 10.3. The van der Waals surface area contributed by atoms with E-state index in [9.17, 15) is 9.59 Å². The molecule has 0 radical (unpaired) electrons. The lowest BCUT2D eigenvalue weighted by Crippen LogP contribution is -2.28. The first kappa shape index (κ1) is 14.4. The highest BCUT2D eigenvalue weighted by molar-refractivity contribution is 5.91. The van der Waals surface area contributed by atoms with E-state index < -0.39 is 6.09 Å². The number of amides is 3. The van der Waals surface area contributed by atoms with Crippen molar-refractivity contribution in [2.45, 2.75) is 6.54 Å². The van der Waals surface area contributed by atoms with Crippen molar-refractivity contribution in [3.63, 3.8) is 0 Å². The van der Waals surface area contributed by atoms with E-state index in [-0.39, 0.29) is 6.03 Å². The fourth-order valence-electron chi connectivity index (χ4n) is 1.59. The third-order valence-corrected chi connectivity index (χ3v) is 2.59. The Kier molecular flexibility index (Phi) is 4.81. The van der Waals surface area contributed by atoms with Crippen molar-refractivity contribution in [1.82, 2.24) is 5.32 Å². The molecule has 2 rings (SSSR count). The van der Waals surface area contributed by atoms with E-state index in [0.717, 1.165) is 5.56 Å². The predicted molar refractivity (Wildman–Crippen MR) is 77.0 cm³/mol. The number of ether oxygens (including phenoxy) is 1. The summed E-state index contributed by atoms with van der Waals surface area (Å²) in [7, 11) is 1.28. The van der Waals surface area contributed by atoms with Crippen molar-refractivity contribution in [3.05, 3.63) is 48.4 Å². The molecule has 1 aromatic carbocycles. The Hall–Kier alpha value is -2.96. The van der Waals surface area contributed by atoms with Crippen molar-refractivity contribution in [1.29, 1.82) is 0 Å². The summed E-state index contributed by atoms with van der Waals surface area (Å²) in [6.07, 6.45) is 2.52. The molecule has 1 aromatic heterocycles. The summed E-state index contributed by atoms with van der Waals surface area (Å²) in [4.78, 5) is 22.8. The molecule has 0 unspecified atom stereocenters. The van der Waals surface area contributed by atoms with Crippen LogP contribution in [0.25, 0.3) is 0 Å². The van der Waals surface area contributed by atoms with Crippen molar-refractivity contribution >= 4 is 23.5 Å². The van der Waals surface area contributed by atoms with Crippen LogP contribution in [0.3, 0.4) is 0 Å². The second-order valence-corrected chi connectivity index (χ2v) is 4.14. The number of hydrogen-bond acceptors (Lipinski definition) is 4.